The number of methoxy groups -OCH3 is 1. The van der Waals surface area contributed by atoms with Crippen LogP contribution < -0.4 is 5.32 Å². The molecular formula is C17H26N2O. The average molecular weight is 274 g/mol. The smallest absolute Gasteiger partial charge is 0.0652 e. The van der Waals surface area contributed by atoms with Crippen LogP contribution >= 0.6 is 0 Å². The lowest BCUT2D eigenvalue weighted by atomic mass is 9.63. The third kappa shape index (κ3) is 2.28. The molecule has 0 radical (unpaired) electrons. The van der Waals surface area contributed by atoms with Crippen LogP contribution in [0.15, 0.2) is 30.3 Å². The topological polar surface area (TPSA) is 24.5 Å². The van der Waals surface area contributed by atoms with Crippen molar-refractivity contribution in [2.24, 2.45) is 5.41 Å². The summed E-state index contributed by atoms with van der Waals surface area (Å²) < 4.78 is 5.62. The predicted molar refractivity (Wildman–Crippen MR) is 81.7 cm³/mol. The van der Waals surface area contributed by atoms with Gasteiger partial charge >= 0.3 is 0 Å². The Kier molecular flexibility index (Phi) is 3.85. The molecule has 0 aromatic heterocycles. The minimum Gasteiger partial charge on any atom is -0.381 e. The van der Waals surface area contributed by atoms with Crippen LogP contribution in [0.25, 0.3) is 0 Å². The first-order chi connectivity index (χ1) is 9.64. The first-order valence-electron chi connectivity index (χ1n) is 7.69. The number of piperazine rings is 1. The maximum atomic E-state index is 5.62. The number of rotatable bonds is 3. The van der Waals surface area contributed by atoms with Gasteiger partial charge < -0.3 is 10.1 Å². The number of nitrogens with zero attached hydrogens (tertiary/aromatic N) is 1. The van der Waals surface area contributed by atoms with E-state index in [0.717, 1.165) is 26.1 Å². The predicted octanol–water partition coefficient (Wildman–Crippen LogP) is 2.45. The number of hydrogen-bond acceptors (Lipinski definition) is 3. The Balaban J connectivity index is 1.80. The number of ether oxygens (including phenoxy) is 1. The standard InChI is InChI=1S/C17H26N2O/c1-17(2)15(11-16(17)20-3)19-10-9-18-12-14(19)13-7-5-4-6-8-13/h4-8,14-16,18H,9-12H2,1-3H3. The Morgan fingerprint density at radius 2 is 2.00 bits per heavy atom. The highest BCUT2D eigenvalue weighted by Gasteiger charge is 2.52. The maximum absolute atomic E-state index is 5.62. The lowest BCUT2D eigenvalue weighted by Gasteiger charge is -2.58. The van der Waals surface area contributed by atoms with Gasteiger partial charge in [-0.3, -0.25) is 4.90 Å². The first kappa shape index (κ1) is 14.1. The summed E-state index contributed by atoms with van der Waals surface area (Å²) in [7, 11) is 1.84. The van der Waals surface area contributed by atoms with Crippen molar-refractivity contribution in [1.82, 2.24) is 10.2 Å². The zero-order chi connectivity index (χ0) is 14.2. The average Bonchev–Trinajstić information content (AvgIpc) is 2.48. The fraction of sp³-hybridized carbons (Fsp3) is 0.647. The van der Waals surface area contributed by atoms with Gasteiger partial charge in [-0.25, -0.2) is 0 Å². The quantitative estimate of drug-likeness (QED) is 0.916. The molecule has 3 atom stereocenters. The number of benzene rings is 1. The molecule has 110 valence electrons. The van der Waals surface area contributed by atoms with Crippen molar-refractivity contribution in [3.05, 3.63) is 35.9 Å². The van der Waals surface area contributed by atoms with Gasteiger partial charge in [-0.1, -0.05) is 44.2 Å². The third-order valence-corrected chi connectivity index (χ3v) is 5.28. The molecule has 1 saturated carbocycles. The normalized spacial score (nSPS) is 33.6. The third-order valence-electron chi connectivity index (χ3n) is 5.28. The van der Waals surface area contributed by atoms with Crippen molar-refractivity contribution >= 4 is 0 Å². The molecule has 0 bridgehead atoms. The molecule has 2 fully saturated rings. The lowest BCUT2D eigenvalue weighted by molar-refractivity contribution is -0.150. The summed E-state index contributed by atoms with van der Waals surface area (Å²) in [5.41, 5.74) is 1.68. The molecule has 3 rings (SSSR count). The van der Waals surface area contributed by atoms with E-state index >= 15 is 0 Å². The van der Waals surface area contributed by atoms with Crippen molar-refractivity contribution in [3.8, 4) is 0 Å². The van der Waals surface area contributed by atoms with E-state index < -0.39 is 0 Å². The van der Waals surface area contributed by atoms with Gasteiger partial charge in [0.2, 0.25) is 0 Å². The van der Waals surface area contributed by atoms with Gasteiger partial charge in [-0.05, 0) is 12.0 Å². The van der Waals surface area contributed by atoms with E-state index in [1.165, 1.54) is 5.56 Å². The Hall–Kier alpha value is -0.900. The van der Waals surface area contributed by atoms with Crippen LogP contribution in [0.1, 0.15) is 31.9 Å². The van der Waals surface area contributed by atoms with Crippen LogP contribution in [0.2, 0.25) is 0 Å². The second kappa shape index (κ2) is 5.47. The van der Waals surface area contributed by atoms with Crippen molar-refractivity contribution < 1.29 is 4.74 Å². The summed E-state index contributed by atoms with van der Waals surface area (Å²) in [6, 6.07) is 12.0. The summed E-state index contributed by atoms with van der Waals surface area (Å²) in [6.45, 7) is 7.96. The maximum Gasteiger partial charge on any atom is 0.0652 e. The lowest BCUT2D eigenvalue weighted by Crippen LogP contribution is -2.65. The van der Waals surface area contributed by atoms with Crippen LogP contribution in [0.3, 0.4) is 0 Å². The highest BCUT2D eigenvalue weighted by atomic mass is 16.5. The van der Waals surface area contributed by atoms with Crippen LogP contribution in [0.5, 0.6) is 0 Å². The molecule has 0 amide bonds. The van der Waals surface area contributed by atoms with Crippen LogP contribution in [-0.2, 0) is 4.74 Å². The summed E-state index contributed by atoms with van der Waals surface area (Å²) in [6.07, 6.45) is 1.56. The van der Waals surface area contributed by atoms with E-state index in [0.29, 0.717) is 18.2 Å². The van der Waals surface area contributed by atoms with E-state index in [4.69, 9.17) is 4.74 Å². The van der Waals surface area contributed by atoms with Crippen molar-refractivity contribution in [2.75, 3.05) is 26.7 Å². The van der Waals surface area contributed by atoms with Crippen molar-refractivity contribution in [3.63, 3.8) is 0 Å². The van der Waals surface area contributed by atoms with E-state index in [1.54, 1.807) is 0 Å². The molecule has 3 unspecified atom stereocenters. The largest absolute Gasteiger partial charge is 0.381 e. The Morgan fingerprint density at radius 1 is 1.25 bits per heavy atom. The molecule has 1 aliphatic carbocycles. The zero-order valence-corrected chi connectivity index (χ0v) is 12.8. The molecule has 1 N–H and O–H groups in total. The second-order valence-electron chi connectivity index (χ2n) is 6.67. The van der Waals surface area contributed by atoms with Crippen molar-refractivity contribution in [1.29, 1.82) is 0 Å². The summed E-state index contributed by atoms with van der Waals surface area (Å²) in [5, 5.41) is 3.55. The molecule has 20 heavy (non-hydrogen) atoms. The van der Waals surface area contributed by atoms with E-state index in [2.05, 4.69) is 54.4 Å². The van der Waals surface area contributed by atoms with Gasteiger partial charge in [0.05, 0.1) is 6.10 Å². The summed E-state index contributed by atoms with van der Waals surface area (Å²) >= 11 is 0. The molecule has 1 aromatic rings. The minimum absolute atomic E-state index is 0.249. The molecule has 1 aromatic carbocycles. The molecule has 1 aliphatic heterocycles. The highest BCUT2D eigenvalue weighted by Crippen LogP contribution is 2.47. The van der Waals surface area contributed by atoms with Gasteiger partial charge in [-0.2, -0.15) is 0 Å². The van der Waals surface area contributed by atoms with Crippen LogP contribution in [0.4, 0.5) is 0 Å². The molecule has 1 saturated heterocycles. The summed E-state index contributed by atoms with van der Waals surface area (Å²) in [4.78, 5) is 2.70. The van der Waals surface area contributed by atoms with Gasteiger partial charge in [-0.15, -0.1) is 0 Å². The Morgan fingerprint density at radius 3 is 2.65 bits per heavy atom. The van der Waals surface area contributed by atoms with E-state index in [9.17, 15) is 0 Å². The minimum atomic E-state index is 0.249. The number of nitrogens with one attached hydrogen (secondary N) is 1. The molecular weight excluding hydrogens is 248 g/mol. The van der Waals surface area contributed by atoms with Crippen LogP contribution in [-0.4, -0.2) is 43.8 Å². The van der Waals surface area contributed by atoms with Crippen LogP contribution in [0, 0.1) is 5.41 Å². The van der Waals surface area contributed by atoms with E-state index in [-0.39, 0.29) is 5.41 Å². The first-order valence-corrected chi connectivity index (χ1v) is 7.69. The van der Waals surface area contributed by atoms with Gasteiger partial charge in [0.15, 0.2) is 0 Å². The zero-order valence-electron chi connectivity index (χ0n) is 12.8. The Labute approximate surface area is 122 Å². The molecule has 1 heterocycles. The highest BCUT2D eigenvalue weighted by molar-refractivity contribution is 5.21. The summed E-state index contributed by atoms with van der Waals surface area (Å²) in [5.74, 6) is 0. The van der Waals surface area contributed by atoms with Gasteiger partial charge in [0.25, 0.3) is 0 Å². The van der Waals surface area contributed by atoms with Gasteiger partial charge in [0, 0.05) is 44.2 Å². The van der Waals surface area contributed by atoms with Gasteiger partial charge in [0.1, 0.15) is 0 Å². The molecule has 0 spiro atoms. The monoisotopic (exact) mass is 274 g/mol. The second-order valence-corrected chi connectivity index (χ2v) is 6.67. The Bertz CT molecular complexity index is 446. The molecule has 3 nitrogen and oxygen atoms in total. The number of hydrogen-bond donors (Lipinski definition) is 1. The van der Waals surface area contributed by atoms with E-state index in [1.807, 2.05) is 7.11 Å². The molecule has 3 heteroatoms. The molecule has 2 aliphatic rings. The fourth-order valence-electron chi connectivity index (χ4n) is 3.90. The fourth-order valence-corrected chi connectivity index (χ4v) is 3.90. The SMILES string of the molecule is COC1CC(N2CCNCC2c2ccccc2)C1(C)C. The van der Waals surface area contributed by atoms with Crippen molar-refractivity contribution in [2.45, 2.75) is 38.5 Å².